The van der Waals surface area contributed by atoms with Crippen molar-refractivity contribution >= 4 is 21.9 Å². The van der Waals surface area contributed by atoms with Crippen molar-refractivity contribution in [2.24, 2.45) is 0 Å². The van der Waals surface area contributed by atoms with Gasteiger partial charge in [-0.1, -0.05) is 29.8 Å². The molecule has 0 unspecified atom stereocenters. The van der Waals surface area contributed by atoms with Crippen LogP contribution in [0.1, 0.15) is 19.3 Å². The van der Waals surface area contributed by atoms with Gasteiger partial charge in [-0.05, 0) is 37.1 Å². The van der Waals surface area contributed by atoms with E-state index in [2.05, 4.69) is 4.98 Å². The summed E-state index contributed by atoms with van der Waals surface area (Å²) in [7, 11) is 0. The van der Waals surface area contributed by atoms with E-state index < -0.39 is 48.8 Å². The van der Waals surface area contributed by atoms with Crippen LogP contribution in [0.4, 0.5) is 0 Å². The number of pyridine rings is 1. The zero-order valence-corrected chi connectivity index (χ0v) is 10.1. The molecule has 0 fully saturated rings. The summed E-state index contributed by atoms with van der Waals surface area (Å²) in [6.07, 6.45) is -0.486. The Kier molecular flexibility index (Phi) is 1.06. The summed E-state index contributed by atoms with van der Waals surface area (Å²) >= 11 is 0. The number of para-hydroxylation sites is 1. The maximum absolute atomic E-state index is 8.38. The van der Waals surface area contributed by atoms with Crippen molar-refractivity contribution in [2.75, 3.05) is 0 Å². The molecule has 2 heterocycles. The Morgan fingerprint density at radius 2 is 2.15 bits per heavy atom. The maximum atomic E-state index is 8.38. The van der Waals surface area contributed by atoms with Gasteiger partial charge in [0.25, 0.3) is 0 Å². The fourth-order valence-corrected chi connectivity index (χ4v) is 2.15. The molecule has 2 aromatic carbocycles. The topological polar surface area (TPSA) is 26.0 Å². The van der Waals surface area contributed by atoms with Gasteiger partial charge in [-0.15, -0.1) is 0 Å². The van der Waals surface area contributed by atoms with Crippen LogP contribution >= 0.6 is 0 Å². The molecule has 0 bridgehead atoms. The van der Waals surface area contributed by atoms with Crippen molar-refractivity contribution in [3.05, 3.63) is 66.2 Å². The van der Waals surface area contributed by atoms with E-state index in [1.54, 1.807) is 12.1 Å². The average Bonchev–Trinajstić information content (AvgIpc) is 3.06. The lowest BCUT2D eigenvalue weighted by Gasteiger charge is -2.00. The molecule has 96 valence electrons. The largest absolute Gasteiger partial charge is 0.455 e. The Bertz CT molecular complexity index is 1360. The Hall–Kier alpha value is -2.61. The molecule has 4 rings (SSSR count). The lowest BCUT2D eigenvalue weighted by molar-refractivity contribution is 0.669. The van der Waals surface area contributed by atoms with E-state index >= 15 is 0 Å². The van der Waals surface area contributed by atoms with Crippen LogP contribution in [0.3, 0.4) is 0 Å². The minimum Gasteiger partial charge on any atom is -0.455 e. The molecule has 0 atom stereocenters. The number of benzene rings is 2. The molecule has 20 heavy (non-hydrogen) atoms. The lowest BCUT2D eigenvalue weighted by atomic mass is 10.1. The molecule has 0 saturated carbocycles. The smallest absolute Gasteiger partial charge is 0.144 e. The van der Waals surface area contributed by atoms with Crippen molar-refractivity contribution in [1.29, 1.82) is 0 Å². The van der Waals surface area contributed by atoms with Crippen LogP contribution in [0.5, 0.6) is 0 Å². The Labute approximate surface area is 130 Å². The van der Waals surface area contributed by atoms with Crippen LogP contribution < -0.4 is 0 Å². The zero-order chi connectivity index (χ0) is 22.1. The molecule has 0 aliphatic rings. The number of rotatable bonds is 1. The highest BCUT2D eigenvalue weighted by Crippen LogP contribution is 2.35. The van der Waals surface area contributed by atoms with E-state index in [9.17, 15) is 0 Å². The Balaban J connectivity index is 2.17. The molecule has 2 aromatic heterocycles. The number of furan rings is 1. The molecule has 0 aliphatic carbocycles. The number of hydrogen-bond acceptors (Lipinski definition) is 2. The highest BCUT2D eigenvalue weighted by Gasteiger charge is 2.12. The molecule has 0 radical (unpaired) electrons. The number of aromatic nitrogens is 1. The average molecular weight is 269 g/mol. The van der Waals surface area contributed by atoms with Gasteiger partial charge < -0.3 is 4.42 Å². The summed E-state index contributed by atoms with van der Waals surface area (Å²) in [6.45, 7) is -2.76. The van der Waals surface area contributed by atoms with Gasteiger partial charge in [0.2, 0.25) is 0 Å². The SMILES string of the molecule is [2H]c1nc(-c2cccc3c2oc2c([2H])c([2H])c(C([2H])([2H])[2H])c([2H])c23)c([2H])c([2H])c1[2H]. The first-order valence-corrected chi connectivity index (χ1v) is 5.85. The Morgan fingerprint density at radius 3 is 3.10 bits per heavy atom. The second-order valence-corrected chi connectivity index (χ2v) is 4.19. The third-order valence-electron chi connectivity index (χ3n) is 2.99. The second-order valence-electron chi connectivity index (χ2n) is 4.19. The molecule has 4 aromatic rings. The summed E-state index contributed by atoms with van der Waals surface area (Å²) in [5.41, 5.74) is -0.467. The maximum Gasteiger partial charge on any atom is 0.144 e. The van der Waals surface area contributed by atoms with Crippen LogP contribution in [0, 0.1) is 6.85 Å². The lowest BCUT2D eigenvalue weighted by Crippen LogP contribution is -1.81. The predicted octanol–water partition coefficient (Wildman–Crippen LogP) is 4.96. The normalized spacial score (nSPS) is 19.0. The Morgan fingerprint density at radius 1 is 1.15 bits per heavy atom. The van der Waals surface area contributed by atoms with Crippen LogP contribution in [0.15, 0.2) is 65.0 Å². The first kappa shape index (κ1) is 5.06. The highest BCUT2D eigenvalue weighted by atomic mass is 16.3. The van der Waals surface area contributed by atoms with E-state index in [1.807, 2.05) is 0 Å². The van der Waals surface area contributed by atoms with Crippen molar-refractivity contribution in [2.45, 2.75) is 6.85 Å². The van der Waals surface area contributed by atoms with Crippen LogP contribution in [-0.4, -0.2) is 4.98 Å². The van der Waals surface area contributed by atoms with E-state index in [-0.39, 0.29) is 33.9 Å². The van der Waals surface area contributed by atoms with Gasteiger partial charge in [0.05, 0.1) is 15.3 Å². The molecule has 2 heteroatoms. The van der Waals surface area contributed by atoms with Crippen LogP contribution in [0.25, 0.3) is 33.2 Å². The van der Waals surface area contributed by atoms with Gasteiger partial charge in [-0.2, -0.15) is 0 Å². The predicted molar refractivity (Wildman–Crippen MR) is 81.7 cm³/mol. The quantitative estimate of drug-likeness (QED) is 0.488. The monoisotopic (exact) mass is 269 g/mol. The standard InChI is InChI=1S/C18H13NO/c1-12-8-9-17-15(11-12)13-5-4-6-14(18(13)20-17)16-7-2-3-10-19-16/h2-11H,1H3/i1D3,2D,3D,7D,8D,9D,10D,11D. The number of fused-ring (bicyclic) bond motifs is 3. The highest BCUT2D eigenvalue weighted by molar-refractivity contribution is 6.09. The van der Waals surface area contributed by atoms with Crippen LogP contribution in [0.2, 0.25) is 0 Å². The molecule has 0 spiro atoms. The summed E-state index contributed by atoms with van der Waals surface area (Å²) < 4.78 is 84.8. The molecule has 0 N–H and O–H groups in total. The van der Waals surface area contributed by atoms with Crippen LogP contribution in [-0.2, 0) is 0 Å². The van der Waals surface area contributed by atoms with E-state index in [4.69, 9.17) is 18.1 Å². The van der Waals surface area contributed by atoms with Crippen molar-refractivity contribution in [1.82, 2.24) is 4.98 Å². The zero-order valence-electron chi connectivity index (χ0n) is 20.1. The van der Waals surface area contributed by atoms with Crippen molar-refractivity contribution in [3.63, 3.8) is 0 Å². The van der Waals surface area contributed by atoms with Crippen molar-refractivity contribution < 1.29 is 18.1 Å². The van der Waals surface area contributed by atoms with Gasteiger partial charge in [0.15, 0.2) is 0 Å². The van der Waals surface area contributed by atoms with E-state index in [0.29, 0.717) is 5.39 Å². The number of nitrogens with zero attached hydrogens (tertiary/aromatic N) is 1. The van der Waals surface area contributed by atoms with Crippen molar-refractivity contribution in [3.8, 4) is 11.3 Å². The second kappa shape index (κ2) is 4.20. The van der Waals surface area contributed by atoms with E-state index in [0.717, 1.165) is 0 Å². The summed E-state index contributed by atoms with van der Waals surface area (Å²) in [4.78, 5) is 3.93. The first-order chi connectivity index (χ1) is 13.9. The molecular formula is C18H13NO. The fraction of sp³-hybridized carbons (Fsp3) is 0.0556. The number of hydrogen-bond donors (Lipinski definition) is 0. The molecule has 0 saturated heterocycles. The van der Waals surface area contributed by atoms with Gasteiger partial charge in [-0.25, -0.2) is 0 Å². The van der Waals surface area contributed by atoms with Gasteiger partial charge in [-0.3, -0.25) is 4.98 Å². The third-order valence-corrected chi connectivity index (χ3v) is 2.99. The third kappa shape index (κ3) is 1.62. The summed E-state index contributed by atoms with van der Waals surface area (Å²) in [6, 6.07) is 1.76. The van der Waals surface area contributed by atoms with Gasteiger partial charge in [0.1, 0.15) is 11.2 Å². The minimum atomic E-state index is -2.76. The summed E-state index contributed by atoms with van der Waals surface area (Å²) in [5.74, 6) is 0. The minimum absolute atomic E-state index is 0.0554. The molecule has 2 nitrogen and oxygen atoms in total. The first-order valence-electron chi connectivity index (χ1n) is 10.8. The van der Waals surface area contributed by atoms with Gasteiger partial charge in [0, 0.05) is 26.6 Å². The molecule has 0 aliphatic heterocycles. The summed E-state index contributed by atoms with van der Waals surface area (Å²) in [5, 5.41) is 0.348. The molecular weight excluding hydrogens is 246 g/mol. The molecule has 0 amide bonds. The van der Waals surface area contributed by atoms with E-state index in [1.165, 1.54) is 6.07 Å². The van der Waals surface area contributed by atoms with Gasteiger partial charge >= 0.3 is 0 Å². The fourth-order valence-electron chi connectivity index (χ4n) is 2.15.